The van der Waals surface area contributed by atoms with E-state index in [0.717, 1.165) is 87.4 Å². The average Bonchev–Trinajstić information content (AvgIpc) is 1.04. The average molecular weight is 1280 g/mol. The van der Waals surface area contributed by atoms with Crippen LogP contribution in [0.5, 0.6) is 0 Å². The van der Waals surface area contributed by atoms with Crippen molar-refractivity contribution in [2.75, 3.05) is 0 Å². The zero-order valence-electron chi connectivity index (χ0n) is 52.6. The summed E-state index contributed by atoms with van der Waals surface area (Å²) in [6.07, 6.45) is 0. The highest BCUT2D eigenvalue weighted by molar-refractivity contribution is 9.10. The fourth-order valence-corrected chi connectivity index (χ4v) is 13.0. The van der Waals surface area contributed by atoms with Gasteiger partial charge >= 0.3 is 7.12 Å². The summed E-state index contributed by atoms with van der Waals surface area (Å²) in [4.78, 5) is 19.8. The number of benzene rings is 12. The summed E-state index contributed by atoms with van der Waals surface area (Å²) in [6.45, 7) is 8.38. The number of rotatable bonds is 8. The van der Waals surface area contributed by atoms with Crippen molar-refractivity contribution in [2.45, 2.75) is 38.9 Å². The normalized spacial score (nSPS) is 13.2. The molecule has 0 spiro atoms. The third kappa shape index (κ3) is 11.8. The van der Waals surface area contributed by atoms with Crippen LogP contribution >= 0.6 is 15.9 Å². The van der Waals surface area contributed by atoms with Crippen molar-refractivity contribution in [3.8, 4) is 78.3 Å². The molecule has 0 N–H and O–H groups in total. The number of fused-ring (bicyclic) bond motifs is 8. The van der Waals surface area contributed by atoms with Crippen molar-refractivity contribution in [3.63, 3.8) is 0 Å². The van der Waals surface area contributed by atoms with E-state index in [1.54, 1.807) is 0 Å². The Labute approximate surface area is 556 Å². The maximum absolute atomic E-state index is 6.36. The first kappa shape index (κ1) is 59.6. The molecule has 0 bridgehead atoms. The minimum atomic E-state index is -0.375. The second kappa shape index (κ2) is 25.4. The minimum absolute atomic E-state index is 0.360. The Morgan fingerprint density at radius 2 is 0.585 bits per heavy atom. The number of nitrogens with zero attached hydrogens (tertiary/aromatic N) is 4. The molecule has 8 heteroatoms. The quantitative estimate of drug-likeness (QED) is 0.0858. The highest BCUT2D eigenvalue weighted by atomic mass is 79.9. The van der Waals surface area contributed by atoms with Crippen molar-refractivity contribution in [1.29, 1.82) is 0 Å². The maximum Gasteiger partial charge on any atom is 0.495 e. The van der Waals surface area contributed by atoms with Crippen LogP contribution in [0, 0.1) is 0 Å². The molecule has 16 aromatic rings. The van der Waals surface area contributed by atoms with Crippen molar-refractivity contribution in [2.24, 2.45) is 0 Å². The first-order valence-corrected chi connectivity index (χ1v) is 32.7. The van der Waals surface area contributed by atoms with Crippen LogP contribution in [0.2, 0.25) is 0 Å². The van der Waals surface area contributed by atoms with Crippen molar-refractivity contribution in [1.82, 2.24) is 19.9 Å². The van der Waals surface area contributed by atoms with Crippen molar-refractivity contribution >= 4 is 93.7 Å². The summed E-state index contributed by atoms with van der Waals surface area (Å²) in [6, 6.07) is 110. The molecule has 5 heterocycles. The minimum Gasteiger partial charge on any atom is -0.399 e. The van der Waals surface area contributed by atoms with Gasteiger partial charge in [-0.3, -0.25) is 0 Å². The largest absolute Gasteiger partial charge is 0.495 e. The predicted octanol–water partition coefficient (Wildman–Crippen LogP) is 22.3. The summed E-state index contributed by atoms with van der Waals surface area (Å²) in [5.41, 5.74) is 20.0. The summed E-state index contributed by atoms with van der Waals surface area (Å²) in [5.74, 6) is 0. The van der Waals surface area contributed by atoms with Crippen molar-refractivity contribution < 1.29 is 9.31 Å². The van der Waals surface area contributed by atoms with Gasteiger partial charge in [0.05, 0.1) is 50.4 Å². The van der Waals surface area contributed by atoms with Gasteiger partial charge in [-0.1, -0.05) is 279 Å². The summed E-state index contributed by atoms with van der Waals surface area (Å²) in [5, 5.41) is 9.15. The number of halogens is 1. The summed E-state index contributed by atoms with van der Waals surface area (Å²) in [7, 11) is -0.375. The molecule has 17 rings (SSSR count). The Balaban J connectivity index is 0.000000123. The van der Waals surface area contributed by atoms with Crippen LogP contribution in [0.15, 0.2) is 320 Å². The van der Waals surface area contributed by atoms with Gasteiger partial charge in [-0.2, -0.15) is 0 Å². The zero-order valence-corrected chi connectivity index (χ0v) is 54.2. The third-order valence-electron chi connectivity index (χ3n) is 18.4. The SMILES string of the molecule is Brc1ccc2ccc3ccc(-c4ccccc4)nc3c2n1.CC1(C)OB(c2ccc(-c3cccc(-c4ccccc4)c3)c3ccccc23)OC1(C)C.c1ccc(-c2cccc(-c3ccc(-c4ccc5ccc6ccc(-c7ccccc7)nc6c5n4)c4ccccc34)c2)cc1. The lowest BCUT2D eigenvalue weighted by atomic mass is 9.75. The van der Waals surface area contributed by atoms with Crippen LogP contribution in [0.3, 0.4) is 0 Å². The molecule has 0 unspecified atom stereocenters. The molecule has 94 heavy (non-hydrogen) atoms. The molecule has 1 saturated heterocycles. The first-order chi connectivity index (χ1) is 46.0. The Hall–Kier alpha value is -10.7. The van der Waals surface area contributed by atoms with Gasteiger partial charge in [-0.15, -0.1) is 0 Å². The van der Waals surface area contributed by atoms with E-state index in [1.165, 1.54) is 66.1 Å². The second-order valence-corrected chi connectivity index (χ2v) is 25.6. The number of pyridine rings is 4. The smallest absolute Gasteiger partial charge is 0.399 e. The molecule has 12 aromatic carbocycles. The van der Waals surface area contributed by atoms with Crippen LogP contribution in [-0.4, -0.2) is 38.3 Å². The molecule has 4 aromatic heterocycles. The van der Waals surface area contributed by atoms with Crippen molar-refractivity contribution in [3.05, 3.63) is 320 Å². The van der Waals surface area contributed by atoms with E-state index >= 15 is 0 Å². The molecule has 0 saturated carbocycles. The fraction of sp³-hybridized carbons (Fsp3) is 0.0698. The monoisotopic (exact) mass is 1270 g/mol. The molecule has 0 radical (unpaired) electrons. The molecule has 6 nitrogen and oxygen atoms in total. The topological polar surface area (TPSA) is 70.0 Å². The van der Waals surface area contributed by atoms with Crippen LogP contribution in [0.1, 0.15) is 27.7 Å². The fourth-order valence-electron chi connectivity index (χ4n) is 12.7. The Kier molecular flexibility index (Phi) is 16.1. The van der Waals surface area contributed by atoms with E-state index in [2.05, 4.69) is 322 Å². The van der Waals surface area contributed by atoms with E-state index in [9.17, 15) is 0 Å². The van der Waals surface area contributed by atoms with Gasteiger partial charge in [-0.05, 0) is 152 Å². The molecule has 1 aliphatic rings. The lowest BCUT2D eigenvalue weighted by molar-refractivity contribution is 0.00578. The Morgan fingerprint density at radius 3 is 1.05 bits per heavy atom. The molecule has 450 valence electrons. The summed E-state index contributed by atoms with van der Waals surface area (Å²) < 4.78 is 13.5. The standard InChI is InChI=1S/C40H26N2.C28H27BO2.C18H11BrN2/c1-3-10-27(11-4-1)31-14-9-15-32(26-31)33-22-23-36(35-17-8-7-16-34(33)35)38-25-21-30-19-18-29-20-24-37(28-12-5-2-6-13-28)41-39(29)40(30)42-38;1-27(2)28(3,4)31-29(30-27)26-18-17-23(24-15-8-9-16-25(24)26)22-14-10-13-21(19-22)20-11-6-5-7-12-20;19-16-11-9-14-7-6-13-8-10-15(12-4-2-1-3-5-12)20-17(13)18(14)21-16/h1-26H;5-19H,1-4H3;1-11H. The van der Waals surface area contributed by atoms with Gasteiger partial charge in [0.1, 0.15) is 4.60 Å². The highest BCUT2D eigenvalue weighted by Gasteiger charge is 2.52. The summed E-state index contributed by atoms with van der Waals surface area (Å²) >= 11 is 3.44. The van der Waals surface area contributed by atoms with E-state index in [1.807, 2.05) is 42.5 Å². The maximum atomic E-state index is 6.36. The Bertz CT molecular complexity index is 5460. The van der Waals surface area contributed by atoms with Gasteiger partial charge in [0.25, 0.3) is 0 Å². The highest BCUT2D eigenvalue weighted by Crippen LogP contribution is 2.41. The van der Waals surface area contributed by atoms with E-state index in [4.69, 9.17) is 24.3 Å². The van der Waals surface area contributed by atoms with Crippen LogP contribution in [0.4, 0.5) is 0 Å². The van der Waals surface area contributed by atoms with E-state index in [-0.39, 0.29) is 18.3 Å². The number of hydrogen-bond acceptors (Lipinski definition) is 6. The molecule has 0 amide bonds. The number of hydrogen-bond donors (Lipinski definition) is 0. The van der Waals surface area contributed by atoms with E-state index < -0.39 is 0 Å². The number of aromatic nitrogens is 4. The molecule has 0 atom stereocenters. The van der Waals surface area contributed by atoms with Crippen LogP contribution in [-0.2, 0) is 9.31 Å². The second-order valence-electron chi connectivity index (χ2n) is 24.8. The lowest BCUT2D eigenvalue weighted by Crippen LogP contribution is -2.41. The van der Waals surface area contributed by atoms with Gasteiger partial charge in [0, 0.05) is 38.2 Å². The Morgan fingerprint density at radius 1 is 0.266 bits per heavy atom. The lowest BCUT2D eigenvalue weighted by Gasteiger charge is -2.32. The predicted molar refractivity (Wildman–Crippen MR) is 397 cm³/mol. The van der Waals surface area contributed by atoms with Crippen LogP contribution in [0.25, 0.3) is 143 Å². The third-order valence-corrected chi connectivity index (χ3v) is 18.8. The molecule has 0 aliphatic carbocycles. The van der Waals surface area contributed by atoms with E-state index in [0.29, 0.717) is 0 Å². The zero-order chi connectivity index (χ0) is 63.8. The van der Waals surface area contributed by atoms with Gasteiger partial charge in [0.15, 0.2) is 0 Å². The molecular weight excluding hydrogens is 1210 g/mol. The van der Waals surface area contributed by atoms with Gasteiger partial charge < -0.3 is 9.31 Å². The molecule has 1 fully saturated rings. The van der Waals surface area contributed by atoms with Gasteiger partial charge in [0.2, 0.25) is 0 Å². The van der Waals surface area contributed by atoms with Crippen LogP contribution < -0.4 is 5.46 Å². The van der Waals surface area contributed by atoms with Gasteiger partial charge in [-0.25, -0.2) is 19.9 Å². The molecular formula is C86H64BBrN4O2. The first-order valence-electron chi connectivity index (χ1n) is 31.9. The molecule has 1 aliphatic heterocycles.